The van der Waals surface area contributed by atoms with Gasteiger partial charge >= 0.3 is 0 Å². The summed E-state index contributed by atoms with van der Waals surface area (Å²) in [4.78, 5) is 10.4. The number of rotatable bonds is 2. The lowest BCUT2D eigenvalue weighted by molar-refractivity contribution is 0.112. The third-order valence-electron chi connectivity index (χ3n) is 1.95. The van der Waals surface area contributed by atoms with E-state index in [4.69, 9.17) is 0 Å². The number of hydrogen-bond donors (Lipinski definition) is 0. The molecule has 1 heterocycles. The van der Waals surface area contributed by atoms with E-state index < -0.39 is 0 Å². The molecule has 0 saturated heterocycles. The van der Waals surface area contributed by atoms with E-state index in [0.717, 1.165) is 17.5 Å². The second-order valence-corrected chi connectivity index (χ2v) is 3.02. The number of aryl methyl sites for hydroxylation is 1. The lowest BCUT2D eigenvalue weighted by Gasteiger charge is -1.94. The van der Waals surface area contributed by atoms with E-state index in [9.17, 15) is 4.79 Å². The molecule has 0 aliphatic heterocycles. The zero-order chi connectivity index (χ0) is 9.97. The molecule has 1 aromatic carbocycles. The quantitative estimate of drug-likeness (QED) is 0.665. The first kappa shape index (κ1) is 8.62. The Labute approximate surface area is 81.2 Å². The number of aldehydes is 1. The SMILES string of the molecule is Cn1cc(-c2ccc(C=O)cc2)nn1. The van der Waals surface area contributed by atoms with Crippen LogP contribution in [0.2, 0.25) is 0 Å². The van der Waals surface area contributed by atoms with Gasteiger partial charge < -0.3 is 0 Å². The molecule has 4 heteroatoms. The monoisotopic (exact) mass is 187 g/mol. The van der Waals surface area contributed by atoms with Crippen molar-refractivity contribution in [3.05, 3.63) is 36.0 Å². The second-order valence-electron chi connectivity index (χ2n) is 3.02. The number of carbonyl (C=O) groups is 1. The molecule has 1 aromatic heterocycles. The van der Waals surface area contributed by atoms with E-state index in [2.05, 4.69) is 10.3 Å². The van der Waals surface area contributed by atoms with Gasteiger partial charge in [-0.2, -0.15) is 0 Å². The van der Waals surface area contributed by atoms with Crippen molar-refractivity contribution in [1.29, 1.82) is 0 Å². The van der Waals surface area contributed by atoms with Crippen molar-refractivity contribution >= 4 is 6.29 Å². The molecule has 0 fully saturated rings. The molecule has 2 rings (SSSR count). The first-order valence-corrected chi connectivity index (χ1v) is 4.21. The van der Waals surface area contributed by atoms with E-state index in [-0.39, 0.29) is 0 Å². The summed E-state index contributed by atoms with van der Waals surface area (Å²) in [5, 5.41) is 7.80. The lowest BCUT2D eigenvalue weighted by atomic mass is 10.1. The molecule has 0 N–H and O–H groups in total. The van der Waals surface area contributed by atoms with Gasteiger partial charge in [0.2, 0.25) is 0 Å². The molecule has 0 radical (unpaired) electrons. The Hall–Kier alpha value is -1.97. The summed E-state index contributed by atoms with van der Waals surface area (Å²) in [5.41, 5.74) is 2.44. The van der Waals surface area contributed by atoms with Crippen molar-refractivity contribution in [2.75, 3.05) is 0 Å². The number of benzene rings is 1. The first-order chi connectivity index (χ1) is 6.79. The van der Waals surface area contributed by atoms with Crippen molar-refractivity contribution < 1.29 is 4.79 Å². The van der Waals surface area contributed by atoms with Gasteiger partial charge in [-0.25, -0.2) is 0 Å². The maximum atomic E-state index is 10.4. The van der Waals surface area contributed by atoms with Gasteiger partial charge in [0.05, 0.1) is 6.20 Å². The highest BCUT2D eigenvalue weighted by atomic mass is 16.1. The number of aromatic nitrogens is 3. The molecule has 0 amide bonds. The van der Waals surface area contributed by atoms with E-state index in [1.165, 1.54) is 0 Å². The van der Waals surface area contributed by atoms with Crippen LogP contribution < -0.4 is 0 Å². The second kappa shape index (κ2) is 3.41. The summed E-state index contributed by atoms with van der Waals surface area (Å²) < 4.78 is 1.64. The van der Waals surface area contributed by atoms with Crippen LogP contribution in [0.15, 0.2) is 30.5 Å². The molecule has 14 heavy (non-hydrogen) atoms. The van der Waals surface area contributed by atoms with Crippen molar-refractivity contribution in [3.63, 3.8) is 0 Å². The standard InChI is InChI=1S/C10H9N3O/c1-13-6-10(11-12-13)9-4-2-8(7-14)3-5-9/h2-7H,1H3. The molecule has 0 unspecified atom stereocenters. The van der Waals surface area contributed by atoms with Gasteiger partial charge in [0, 0.05) is 18.2 Å². The van der Waals surface area contributed by atoms with Crippen LogP contribution in [0.1, 0.15) is 10.4 Å². The minimum Gasteiger partial charge on any atom is -0.298 e. The van der Waals surface area contributed by atoms with Gasteiger partial charge in [0.1, 0.15) is 12.0 Å². The van der Waals surface area contributed by atoms with Gasteiger partial charge in [-0.3, -0.25) is 9.48 Å². The van der Waals surface area contributed by atoms with Crippen molar-refractivity contribution in [2.24, 2.45) is 7.05 Å². The summed E-state index contributed by atoms with van der Waals surface area (Å²) in [6.45, 7) is 0. The largest absolute Gasteiger partial charge is 0.298 e. The summed E-state index contributed by atoms with van der Waals surface area (Å²) in [5.74, 6) is 0. The normalized spacial score (nSPS) is 10.1. The maximum absolute atomic E-state index is 10.4. The highest BCUT2D eigenvalue weighted by molar-refractivity contribution is 5.76. The highest BCUT2D eigenvalue weighted by Gasteiger charge is 2.01. The van der Waals surface area contributed by atoms with Crippen LogP contribution in [0.25, 0.3) is 11.3 Å². The van der Waals surface area contributed by atoms with Gasteiger partial charge in [-0.15, -0.1) is 5.10 Å². The lowest BCUT2D eigenvalue weighted by Crippen LogP contribution is -1.85. The smallest absolute Gasteiger partial charge is 0.150 e. The molecular weight excluding hydrogens is 178 g/mol. The minimum atomic E-state index is 0.664. The molecule has 70 valence electrons. The highest BCUT2D eigenvalue weighted by Crippen LogP contribution is 2.15. The van der Waals surface area contributed by atoms with E-state index in [1.54, 1.807) is 16.8 Å². The number of nitrogens with zero attached hydrogens (tertiary/aromatic N) is 3. The molecule has 0 aliphatic carbocycles. The average molecular weight is 187 g/mol. The van der Waals surface area contributed by atoms with Gasteiger partial charge in [-0.05, 0) is 0 Å². The van der Waals surface area contributed by atoms with Crippen molar-refractivity contribution in [3.8, 4) is 11.3 Å². The van der Waals surface area contributed by atoms with Crippen LogP contribution in [-0.4, -0.2) is 21.3 Å². The van der Waals surface area contributed by atoms with Crippen LogP contribution in [-0.2, 0) is 7.05 Å². The summed E-state index contributed by atoms with van der Waals surface area (Å²) in [6, 6.07) is 7.23. The van der Waals surface area contributed by atoms with Crippen LogP contribution >= 0.6 is 0 Å². The summed E-state index contributed by atoms with van der Waals surface area (Å²) in [6.07, 6.45) is 2.65. The van der Waals surface area contributed by atoms with Gasteiger partial charge in [0.15, 0.2) is 0 Å². The van der Waals surface area contributed by atoms with E-state index >= 15 is 0 Å². The molecule has 0 bridgehead atoms. The Kier molecular flexibility index (Phi) is 2.10. The van der Waals surface area contributed by atoms with Crippen molar-refractivity contribution in [1.82, 2.24) is 15.0 Å². The van der Waals surface area contributed by atoms with Crippen LogP contribution in [0, 0.1) is 0 Å². The fourth-order valence-corrected chi connectivity index (χ4v) is 1.21. The minimum absolute atomic E-state index is 0.664. The molecule has 0 atom stereocenters. The Bertz CT molecular complexity index is 445. The summed E-state index contributed by atoms with van der Waals surface area (Å²) >= 11 is 0. The summed E-state index contributed by atoms with van der Waals surface area (Å²) in [7, 11) is 1.82. The molecule has 0 spiro atoms. The number of carbonyl (C=O) groups excluding carboxylic acids is 1. The number of hydrogen-bond acceptors (Lipinski definition) is 3. The molecule has 4 nitrogen and oxygen atoms in total. The topological polar surface area (TPSA) is 47.8 Å². The van der Waals surface area contributed by atoms with E-state index in [1.807, 2.05) is 25.4 Å². The van der Waals surface area contributed by atoms with Gasteiger partial charge in [0.25, 0.3) is 0 Å². The van der Waals surface area contributed by atoms with Crippen LogP contribution in [0.5, 0.6) is 0 Å². The van der Waals surface area contributed by atoms with Gasteiger partial charge in [-0.1, -0.05) is 29.5 Å². The Morgan fingerprint density at radius 2 is 2.00 bits per heavy atom. The Morgan fingerprint density at radius 1 is 1.29 bits per heavy atom. The Balaban J connectivity index is 2.38. The fourth-order valence-electron chi connectivity index (χ4n) is 1.21. The van der Waals surface area contributed by atoms with Crippen LogP contribution in [0.3, 0.4) is 0 Å². The molecular formula is C10H9N3O. The third kappa shape index (κ3) is 1.54. The third-order valence-corrected chi connectivity index (χ3v) is 1.95. The van der Waals surface area contributed by atoms with Crippen molar-refractivity contribution in [2.45, 2.75) is 0 Å². The zero-order valence-electron chi connectivity index (χ0n) is 7.71. The predicted molar refractivity (Wildman–Crippen MR) is 51.8 cm³/mol. The predicted octanol–water partition coefficient (Wildman–Crippen LogP) is 1.29. The average Bonchev–Trinajstić information content (AvgIpc) is 2.65. The maximum Gasteiger partial charge on any atom is 0.150 e. The fraction of sp³-hybridized carbons (Fsp3) is 0.100. The molecule has 0 aliphatic rings. The van der Waals surface area contributed by atoms with Crippen LogP contribution in [0.4, 0.5) is 0 Å². The molecule has 2 aromatic rings. The van der Waals surface area contributed by atoms with E-state index in [0.29, 0.717) is 5.56 Å². The zero-order valence-corrected chi connectivity index (χ0v) is 7.71. The molecule has 0 saturated carbocycles. The first-order valence-electron chi connectivity index (χ1n) is 4.21. The Morgan fingerprint density at radius 3 is 2.50 bits per heavy atom.